The number of amides is 1. The van der Waals surface area contributed by atoms with Crippen LogP contribution in [0.1, 0.15) is 75.7 Å². The Hall–Kier alpha value is -5.16. The zero-order valence-electron chi connectivity index (χ0n) is 27.6. The fraction of sp³-hybridized carbons (Fsp3) is 0.282. The highest BCUT2D eigenvalue weighted by atomic mass is 32.1. The van der Waals surface area contributed by atoms with Crippen LogP contribution >= 0.6 is 11.3 Å². The first kappa shape index (κ1) is 30.9. The third-order valence-corrected chi connectivity index (χ3v) is 11.5. The molecule has 3 aliphatic rings. The number of nitrogens with zero attached hydrogens (tertiary/aromatic N) is 4. The van der Waals surface area contributed by atoms with Crippen molar-refractivity contribution < 1.29 is 22.7 Å². The van der Waals surface area contributed by atoms with Gasteiger partial charge >= 0.3 is 0 Å². The summed E-state index contributed by atoms with van der Waals surface area (Å²) in [6.45, 7) is 2.44. The van der Waals surface area contributed by atoms with Crippen LogP contribution in [0.15, 0.2) is 65.1 Å². The molecule has 0 spiro atoms. The molecule has 1 fully saturated rings. The third-order valence-electron chi connectivity index (χ3n) is 10.3. The van der Waals surface area contributed by atoms with Crippen molar-refractivity contribution in [1.29, 1.82) is 0 Å². The Kier molecular flexibility index (Phi) is 7.42. The Labute approximate surface area is 291 Å². The van der Waals surface area contributed by atoms with Gasteiger partial charge in [0.25, 0.3) is 5.91 Å². The number of carbonyl (C=O) groups is 1. The molecule has 0 saturated carbocycles. The first-order valence-electron chi connectivity index (χ1n) is 17.0. The number of pyridine rings is 1. The van der Waals surface area contributed by atoms with Crippen LogP contribution in [0.5, 0.6) is 5.75 Å². The highest BCUT2D eigenvalue weighted by Crippen LogP contribution is 2.51. The summed E-state index contributed by atoms with van der Waals surface area (Å²) in [6, 6.07) is 18.1. The SMILES string of the molecule is COc1c(F)ccc2c1CC[C@@H]2Nc1cccc2cc(-c3c4c(nc(CCc5ccc(F)cc5)c3-c3nnc(C)o3)[C@@H]3CCCN3C4=O)sc12. The van der Waals surface area contributed by atoms with Gasteiger partial charge in [0, 0.05) is 29.5 Å². The molecule has 3 aromatic carbocycles. The lowest BCUT2D eigenvalue weighted by Gasteiger charge is -2.17. The molecule has 11 heteroatoms. The number of nitrogens with one attached hydrogen (secondary N) is 1. The van der Waals surface area contributed by atoms with E-state index < -0.39 is 0 Å². The monoisotopic (exact) mass is 689 g/mol. The van der Waals surface area contributed by atoms with Crippen molar-refractivity contribution in [1.82, 2.24) is 20.1 Å². The standard InChI is InChI=1S/C39H33F2N5O3S/c1-20-44-45-38(49-20)32-28(16-10-21-8-11-23(40)12-9-21)43-35-30-7-4-18-46(30)39(47)34(35)33(32)31-19-22-5-3-6-29(37(22)50-31)42-27-17-14-25-24(27)13-15-26(41)36(25)48-2/h3,5-6,8-9,11-13,15,19,27,30,42H,4,7,10,14,16-18H2,1-2H3/t27-,30-/m0/s1. The van der Waals surface area contributed by atoms with Crippen molar-refractivity contribution in [2.45, 2.75) is 57.5 Å². The molecule has 0 bridgehead atoms. The summed E-state index contributed by atoms with van der Waals surface area (Å²) >= 11 is 1.61. The quantitative estimate of drug-likeness (QED) is 0.171. The molecule has 6 aromatic rings. The predicted octanol–water partition coefficient (Wildman–Crippen LogP) is 8.78. The van der Waals surface area contributed by atoms with Gasteiger partial charge in [-0.05, 0) is 85.4 Å². The van der Waals surface area contributed by atoms with Crippen LogP contribution in [-0.4, -0.2) is 39.6 Å². The smallest absolute Gasteiger partial charge is 0.257 e. The average Bonchev–Trinajstić information content (AvgIpc) is 3.96. The summed E-state index contributed by atoms with van der Waals surface area (Å²) in [4.78, 5) is 22.3. The van der Waals surface area contributed by atoms with E-state index >= 15 is 0 Å². The zero-order chi connectivity index (χ0) is 34.1. The van der Waals surface area contributed by atoms with E-state index in [4.69, 9.17) is 14.1 Å². The van der Waals surface area contributed by atoms with Gasteiger partial charge in [-0.2, -0.15) is 0 Å². The summed E-state index contributed by atoms with van der Waals surface area (Å²) in [5.74, 6) is 0.408. The van der Waals surface area contributed by atoms with Crippen molar-refractivity contribution in [3.8, 4) is 27.6 Å². The molecule has 2 atom stereocenters. The zero-order valence-corrected chi connectivity index (χ0v) is 28.4. The van der Waals surface area contributed by atoms with Gasteiger partial charge in [0.15, 0.2) is 11.6 Å². The molecule has 2 aliphatic heterocycles. The molecule has 50 heavy (non-hydrogen) atoms. The van der Waals surface area contributed by atoms with Crippen molar-refractivity contribution in [2.75, 3.05) is 19.0 Å². The Morgan fingerprint density at radius 1 is 1.02 bits per heavy atom. The fourth-order valence-corrected chi connectivity index (χ4v) is 9.21. The van der Waals surface area contributed by atoms with Crippen LogP contribution in [0.4, 0.5) is 14.5 Å². The number of carbonyl (C=O) groups excluding carboxylic acids is 1. The molecule has 3 aromatic heterocycles. The van der Waals surface area contributed by atoms with Crippen molar-refractivity contribution >= 4 is 33.0 Å². The first-order chi connectivity index (χ1) is 24.4. The summed E-state index contributed by atoms with van der Waals surface area (Å²) in [5, 5.41) is 13.4. The van der Waals surface area contributed by atoms with Crippen LogP contribution in [0, 0.1) is 18.6 Å². The van der Waals surface area contributed by atoms with Gasteiger partial charge in [0.05, 0.1) is 52.1 Å². The maximum Gasteiger partial charge on any atom is 0.257 e. The number of hydrogen-bond acceptors (Lipinski definition) is 8. The summed E-state index contributed by atoms with van der Waals surface area (Å²) in [5.41, 5.74) is 7.50. The second-order valence-electron chi connectivity index (χ2n) is 13.2. The Morgan fingerprint density at radius 2 is 1.88 bits per heavy atom. The maximum absolute atomic E-state index is 14.5. The van der Waals surface area contributed by atoms with Crippen LogP contribution in [0.2, 0.25) is 0 Å². The van der Waals surface area contributed by atoms with Crippen molar-refractivity contribution in [2.24, 2.45) is 0 Å². The molecule has 5 heterocycles. The Balaban J connectivity index is 1.20. The average molecular weight is 690 g/mol. The van der Waals surface area contributed by atoms with E-state index in [1.165, 1.54) is 25.3 Å². The van der Waals surface area contributed by atoms with E-state index in [0.717, 1.165) is 80.0 Å². The number of hydrogen-bond donors (Lipinski definition) is 1. The Bertz CT molecular complexity index is 2320. The number of benzene rings is 3. The molecule has 1 aliphatic carbocycles. The fourth-order valence-electron chi connectivity index (χ4n) is 8.02. The lowest BCUT2D eigenvalue weighted by molar-refractivity contribution is 0.0776. The van der Waals surface area contributed by atoms with Gasteiger partial charge in [0.2, 0.25) is 11.8 Å². The largest absolute Gasteiger partial charge is 0.493 e. The Morgan fingerprint density at radius 3 is 2.68 bits per heavy atom. The predicted molar refractivity (Wildman–Crippen MR) is 188 cm³/mol. The van der Waals surface area contributed by atoms with Gasteiger partial charge in [-0.3, -0.25) is 9.78 Å². The highest BCUT2D eigenvalue weighted by Gasteiger charge is 2.45. The minimum absolute atomic E-state index is 0.00966. The number of aryl methyl sites for hydroxylation is 3. The molecule has 252 valence electrons. The second kappa shape index (κ2) is 12.0. The summed E-state index contributed by atoms with van der Waals surface area (Å²) < 4.78 is 40.8. The lowest BCUT2D eigenvalue weighted by Crippen LogP contribution is -2.22. The summed E-state index contributed by atoms with van der Waals surface area (Å²) in [6.07, 6.45) is 4.47. The van der Waals surface area contributed by atoms with Crippen LogP contribution in [0.25, 0.3) is 32.0 Å². The number of methoxy groups -OCH3 is 1. The molecule has 1 N–H and O–H groups in total. The van der Waals surface area contributed by atoms with Gasteiger partial charge in [-0.15, -0.1) is 21.5 Å². The van der Waals surface area contributed by atoms with Crippen LogP contribution in [0.3, 0.4) is 0 Å². The number of halogens is 2. The molecular formula is C39H33F2N5O3S. The molecule has 9 rings (SSSR count). The van der Waals surface area contributed by atoms with E-state index in [9.17, 15) is 13.6 Å². The van der Waals surface area contributed by atoms with E-state index in [1.807, 2.05) is 17.0 Å². The number of rotatable bonds is 8. The maximum atomic E-state index is 14.5. The van der Waals surface area contributed by atoms with Gasteiger partial charge in [-0.1, -0.05) is 30.3 Å². The molecular weight excluding hydrogens is 657 g/mol. The molecule has 0 radical (unpaired) electrons. The van der Waals surface area contributed by atoms with Crippen molar-refractivity contribution in [3.05, 3.63) is 112 Å². The van der Waals surface area contributed by atoms with Gasteiger partial charge in [-0.25, -0.2) is 8.78 Å². The lowest BCUT2D eigenvalue weighted by atomic mass is 9.93. The first-order valence-corrected chi connectivity index (χ1v) is 17.8. The van der Waals surface area contributed by atoms with E-state index in [1.54, 1.807) is 30.4 Å². The number of anilines is 1. The number of ether oxygens (including phenoxy) is 1. The van der Waals surface area contributed by atoms with Crippen LogP contribution < -0.4 is 10.1 Å². The molecule has 1 amide bonds. The second-order valence-corrected chi connectivity index (χ2v) is 14.2. The van der Waals surface area contributed by atoms with E-state index in [-0.39, 0.29) is 29.6 Å². The third kappa shape index (κ3) is 4.97. The number of fused-ring (bicyclic) bond motifs is 5. The van der Waals surface area contributed by atoms with Gasteiger partial charge in [0.1, 0.15) is 5.82 Å². The minimum Gasteiger partial charge on any atom is -0.493 e. The normalized spacial score (nSPS) is 17.8. The summed E-state index contributed by atoms with van der Waals surface area (Å²) in [7, 11) is 1.51. The van der Waals surface area contributed by atoms with E-state index in [2.05, 4.69) is 33.7 Å². The van der Waals surface area contributed by atoms with Crippen molar-refractivity contribution in [3.63, 3.8) is 0 Å². The molecule has 0 unspecified atom stereocenters. The number of aromatic nitrogens is 3. The number of thiophene rings is 1. The topological polar surface area (TPSA) is 93.4 Å². The highest BCUT2D eigenvalue weighted by molar-refractivity contribution is 7.23. The van der Waals surface area contributed by atoms with E-state index in [0.29, 0.717) is 48.0 Å². The van der Waals surface area contributed by atoms with Gasteiger partial charge < -0.3 is 19.4 Å². The van der Waals surface area contributed by atoms with Crippen LogP contribution in [-0.2, 0) is 19.3 Å². The minimum atomic E-state index is -0.346. The molecule has 8 nitrogen and oxygen atoms in total. The molecule has 1 saturated heterocycles.